The Morgan fingerprint density at radius 3 is 2.57 bits per heavy atom. The largest absolute Gasteiger partial charge is 0.369 e. The molecule has 0 aliphatic heterocycles. The third kappa shape index (κ3) is 3.06. The van der Waals surface area contributed by atoms with Gasteiger partial charge in [-0.05, 0) is 44.8 Å². The lowest BCUT2D eigenvalue weighted by Gasteiger charge is -2.04. The number of aryl methyl sites for hydroxylation is 1. The van der Waals surface area contributed by atoms with Crippen LogP contribution in [0, 0.1) is 6.92 Å². The van der Waals surface area contributed by atoms with Crippen LogP contribution < -0.4 is 0 Å². The fourth-order valence-corrected chi connectivity index (χ4v) is 1.85. The smallest absolute Gasteiger partial charge is 0.168 e. The van der Waals surface area contributed by atoms with E-state index >= 15 is 0 Å². The second-order valence-electron chi connectivity index (χ2n) is 3.07. The van der Waals surface area contributed by atoms with Gasteiger partial charge in [-0.2, -0.15) is 0 Å². The van der Waals surface area contributed by atoms with Crippen molar-refractivity contribution >= 4 is 44.0 Å². The molecule has 1 rings (SSSR count). The highest BCUT2D eigenvalue weighted by molar-refractivity contribution is 9.11. The Bertz CT molecular complexity index is 361. The second kappa shape index (κ2) is 4.89. The van der Waals surface area contributed by atoms with E-state index in [1.54, 1.807) is 6.34 Å². The van der Waals surface area contributed by atoms with Crippen LogP contribution in [0.15, 0.2) is 20.0 Å². The topological polar surface area (TPSA) is 28.5 Å². The molecule has 0 saturated carbocycles. The van der Waals surface area contributed by atoms with Gasteiger partial charge in [0.05, 0.1) is 16.5 Å². The zero-order valence-corrected chi connectivity index (χ0v) is 11.4. The van der Waals surface area contributed by atoms with E-state index in [2.05, 4.69) is 41.8 Å². The minimum Gasteiger partial charge on any atom is -0.369 e. The Morgan fingerprint density at radius 2 is 2.00 bits per heavy atom. The summed E-state index contributed by atoms with van der Waals surface area (Å²) in [5, 5.41) is 0. The zero-order chi connectivity index (χ0) is 10.7. The molecule has 0 unspecified atom stereocenters. The molecular formula is C9H11Br2N3. The van der Waals surface area contributed by atoms with E-state index in [1.807, 2.05) is 32.0 Å². The summed E-state index contributed by atoms with van der Waals surface area (Å²) >= 11 is 6.81. The molecule has 0 spiro atoms. The number of hydrogen-bond acceptors (Lipinski definition) is 2. The third-order valence-electron chi connectivity index (χ3n) is 1.50. The Morgan fingerprint density at radius 1 is 1.36 bits per heavy atom. The van der Waals surface area contributed by atoms with E-state index in [1.165, 1.54) is 0 Å². The summed E-state index contributed by atoms with van der Waals surface area (Å²) in [6.45, 7) is 1.94. The highest BCUT2D eigenvalue weighted by Crippen LogP contribution is 2.27. The number of pyridine rings is 1. The van der Waals surface area contributed by atoms with Gasteiger partial charge in [-0.3, -0.25) is 0 Å². The molecule has 0 N–H and O–H groups in total. The van der Waals surface area contributed by atoms with Gasteiger partial charge in [-0.1, -0.05) is 0 Å². The average molecular weight is 321 g/mol. The molecule has 1 aromatic rings. The molecule has 0 saturated heterocycles. The first-order chi connectivity index (χ1) is 6.50. The van der Waals surface area contributed by atoms with Crippen LogP contribution in [-0.4, -0.2) is 30.3 Å². The van der Waals surface area contributed by atoms with Gasteiger partial charge < -0.3 is 4.90 Å². The van der Waals surface area contributed by atoms with Gasteiger partial charge in [-0.25, -0.2) is 9.98 Å². The van der Waals surface area contributed by atoms with Gasteiger partial charge in [0.1, 0.15) is 0 Å². The molecule has 14 heavy (non-hydrogen) atoms. The van der Waals surface area contributed by atoms with E-state index in [9.17, 15) is 0 Å². The van der Waals surface area contributed by atoms with E-state index in [4.69, 9.17) is 0 Å². The van der Waals surface area contributed by atoms with Crippen molar-refractivity contribution in [3.8, 4) is 0 Å². The summed E-state index contributed by atoms with van der Waals surface area (Å²) in [7, 11) is 3.84. The van der Waals surface area contributed by atoms with Gasteiger partial charge in [0, 0.05) is 18.6 Å². The lowest BCUT2D eigenvalue weighted by molar-refractivity contribution is 0.643. The zero-order valence-electron chi connectivity index (χ0n) is 8.25. The molecule has 0 radical (unpaired) electrons. The molecule has 0 aliphatic carbocycles. The fourth-order valence-electron chi connectivity index (χ4n) is 0.807. The Balaban J connectivity index is 3.04. The van der Waals surface area contributed by atoms with E-state index in [0.717, 1.165) is 14.6 Å². The minimum absolute atomic E-state index is 0.694. The lowest BCUT2D eigenvalue weighted by atomic mass is 10.4. The number of nitrogens with zero attached hydrogens (tertiary/aromatic N) is 3. The van der Waals surface area contributed by atoms with Crippen molar-refractivity contribution in [3.63, 3.8) is 0 Å². The van der Waals surface area contributed by atoms with Crippen LogP contribution in [0.2, 0.25) is 0 Å². The lowest BCUT2D eigenvalue weighted by Crippen LogP contribution is -2.07. The van der Waals surface area contributed by atoms with Crippen molar-refractivity contribution < 1.29 is 0 Å². The van der Waals surface area contributed by atoms with Gasteiger partial charge in [0.2, 0.25) is 0 Å². The number of halogens is 2. The number of hydrogen-bond donors (Lipinski definition) is 0. The Labute approximate surface area is 101 Å². The first kappa shape index (κ1) is 11.7. The van der Waals surface area contributed by atoms with E-state index < -0.39 is 0 Å². The molecule has 3 nitrogen and oxygen atoms in total. The molecule has 5 heteroatoms. The quantitative estimate of drug-likeness (QED) is 0.618. The van der Waals surface area contributed by atoms with Gasteiger partial charge in [0.25, 0.3) is 0 Å². The molecule has 0 atom stereocenters. The number of aliphatic imine (C=N–C) groups is 1. The van der Waals surface area contributed by atoms with Gasteiger partial charge >= 0.3 is 0 Å². The van der Waals surface area contributed by atoms with Crippen LogP contribution >= 0.6 is 31.9 Å². The highest BCUT2D eigenvalue weighted by Gasteiger charge is 2.03. The van der Waals surface area contributed by atoms with Crippen LogP contribution in [0.5, 0.6) is 0 Å². The summed E-state index contributed by atoms with van der Waals surface area (Å²) < 4.78 is 1.86. The second-order valence-corrected chi connectivity index (χ2v) is 4.78. The maximum absolute atomic E-state index is 4.33. The molecule has 1 heterocycles. The predicted molar refractivity (Wildman–Crippen MR) is 66.2 cm³/mol. The third-order valence-corrected chi connectivity index (χ3v) is 2.88. The first-order valence-electron chi connectivity index (χ1n) is 4.04. The van der Waals surface area contributed by atoms with E-state index in [-0.39, 0.29) is 0 Å². The van der Waals surface area contributed by atoms with Crippen LogP contribution in [-0.2, 0) is 0 Å². The van der Waals surface area contributed by atoms with Gasteiger partial charge in [-0.15, -0.1) is 0 Å². The van der Waals surface area contributed by atoms with Crippen molar-refractivity contribution in [2.75, 3.05) is 14.1 Å². The molecular weight excluding hydrogens is 310 g/mol. The van der Waals surface area contributed by atoms with Gasteiger partial charge in [0.15, 0.2) is 5.82 Å². The normalized spacial score (nSPS) is 10.9. The number of rotatable bonds is 2. The molecule has 0 bridgehead atoms. The monoisotopic (exact) mass is 319 g/mol. The minimum atomic E-state index is 0.694. The molecule has 1 aromatic heterocycles. The standard InChI is InChI=1S/C9H11Br2N3/c1-6-7(10)4-8(11)9(13-6)12-5-14(2)3/h4-5H,1-3H3. The molecule has 76 valence electrons. The fraction of sp³-hybridized carbons (Fsp3) is 0.333. The first-order valence-corrected chi connectivity index (χ1v) is 5.62. The van der Waals surface area contributed by atoms with Crippen LogP contribution in [0.25, 0.3) is 0 Å². The SMILES string of the molecule is Cc1nc(N=CN(C)C)c(Br)cc1Br. The van der Waals surface area contributed by atoms with Crippen LogP contribution in [0.1, 0.15) is 5.69 Å². The van der Waals surface area contributed by atoms with Crippen molar-refractivity contribution in [3.05, 3.63) is 20.7 Å². The van der Waals surface area contributed by atoms with Crippen molar-refractivity contribution in [1.29, 1.82) is 0 Å². The molecule has 0 amide bonds. The van der Waals surface area contributed by atoms with Crippen LogP contribution in [0.3, 0.4) is 0 Å². The maximum Gasteiger partial charge on any atom is 0.168 e. The summed E-state index contributed by atoms with van der Waals surface area (Å²) in [4.78, 5) is 10.4. The summed E-state index contributed by atoms with van der Waals surface area (Å²) in [6.07, 6.45) is 1.72. The predicted octanol–water partition coefficient (Wildman–Crippen LogP) is 3.14. The van der Waals surface area contributed by atoms with Crippen LogP contribution in [0.4, 0.5) is 5.82 Å². The Kier molecular flexibility index (Phi) is 4.07. The number of aromatic nitrogens is 1. The summed E-state index contributed by atoms with van der Waals surface area (Å²) in [6, 6.07) is 1.95. The van der Waals surface area contributed by atoms with Crippen molar-refractivity contribution in [2.45, 2.75) is 6.92 Å². The maximum atomic E-state index is 4.33. The van der Waals surface area contributed by atoms with Crippen molar-refractivity contribution in [1.82, 2.24) is 9.88 Å². The molecule has 0 aliphatic rings. The summed E-state index contributed by atoms with van der Waals surface area (Å²) in [5.74, 6) is 0.694. The van der Waals surface area contributed by atoms with Crippen molar-refractivity contribution in [2.24, 2.45) is 4.99 Å². The average Bonchev–Trinajstić information content (AvgIpc) is 2.09. The summed E-state index contributed by atoms with van der Waals surface area (Å²) in [5.41, 5.74) is 0.930. The Hall–Kier alpha value is -0.420. The van der Waals surface area contributed by atoms with E-state index in [0.29, 0.717) is 5.82 Å². The molecule has 0 aromatic carbocycles. The highest BCUT2D eigenvalue weighted by atomic mass is 79.9. The molecule has 0 fully saturated rings.